The molecule has 1 heterocycles. The van der Waals surface area contributed by atoms with E-state index in [1.165, 1.54) is 11.8 Å². The fourth-order valence-corrected chi connectivity index (χ4v) is 6.25. The number of nitrogens with one attached hydrogen (secondary N) is 1. The zero-order chi connectivity index (χ0) is 15.5. The second kappa shape index (κ2) is 6.83. The van der Waals surface area contributed by atoms with Crippen molar-refractivity contribution in [1.82, 2.24) is 5.32 Å². The van der Waals surface area contributed by atoms with E-state index < -0.39 is 9.84 Å². The third-order valence-corrected chi connectivity index (χ3v) is 8.37. The Morgan fingerprint density at radius 3 is 2.57 bits per heavy atom. The van der Waals surface area contributed by atoms with Gasteiger partial charge in [-0.3, -0.25) is 4.79 Å². The van der Waals surface area contributed by atoms with Crippen LogP contribution in [0.3, 0.4) is 0 Å². The van der Waals surface area contributed by atoms with Gasteiger partial charge in [-0.1, -0.05) is 18.2 Å². The van der Waals surface area contributed by atoms with Gasteiger partial charge in [-0.05, 0) is 38.8 Å². The van der Waals surface area contributed by atoms with E-state index in [4.69, 9.17) is 0 Å². The van der Waals surface area contributed by atoms with E-state index in [9.17, 15) is 13.2 Å². The molecule has 0 aromatic heterocycles. The number of hydrogen-bond acceptors (Lipinski definition) is 4. The molecule has 1 saturated heterocycles. The molecule has 1 aromatic carbocycles. The van der Waals surface area contributed by atoms with Crippen molar-refractivity contribution < 1.29 is 13.2 Å². The van der Waals surface area contributed by atoms with Crippen LogP contribution in [0.1, 0.15) is 37.0 Å². The molecule has 1 amide bonds. The van der Waals surface area contributed by atoms with Gasteiger partial charge in [-0.25, -0.2) is 8.42 Å². The first kappa shape index (κ1) is 16.4. The quantitative estimate of drug-likeness (QED) is 0.902. The molecule has 0 radical (unpaired) electrons. The van der Waals surface area contributed by atoms with Crippen LogP contribution in [0, 0.1) is 0 Å². The van der Waals surface area contributed by atoms with Crippen molar-refractivity contribution in [3.05, 3.63) is 35.9 Å². The molecule has 1 aliphatic rings. The van der Waals surface area contributed by atoms with Crippen LogP contribution in [0.2, 0.25) is 0 Å². The molecule has 1 N–H and O–H groups in total. The number of benzene rings is 1. The molecule has 2 rings (SSSR count). The molecular formula is C15H21NO3S2. The number of hydrogen-bond donors (Lipinski definition) is 1. The van der Waals surface area contributed by atoms with Gasteiger partial charge in [0.2, 0.25) is 0 Å². The lowest BCUT2D eigenvalue weighted by Gasteiger charge is -2.15. The minimum atomic E-state index is -3.05. The highest BCUT2D eigenvalue weighted by atomic mass is 32.3. The second-order valence-electron chi connectivity index (χ2n) is 5.48. The van der Waals surface area contributed by atoms with E-state index >= 15 is 0 Å². The first-order chi connectivity index (χ1) is 9.91. The first-order valence-corrected chi connectivity index (χ1v) is 9.68. The normalized spacial score (nSPS) is 22.4. The van der Waals surface area contributed by atoms with E-state index in [0.29, 0.717) is 18.5 Å². The molecule has 2 unspecified atom stereocenters. The summed E-state index contributed by atoms with van der Waals surface area (Å²) in [5.74, 6) is -0.105. The SMILES string of the molecule is CC(C)S(=O)(=O)C1CCC(CNC(=O)c2ccccc2)S1. The van der Waals surface area contributed by atoms with Gasteiger partial charge in [0.15, 0.2) is 9.84 Å². The van der Waals surface area contributed by atoms with Crippen LogP contribution in [0.4, 0.5) is 0 Å². The minimum Gasteiger partial charge on any atom is -0.351 e. The predicted molar refractivity (Wildman–Crippen MR) is 87.2 cm³/mol. The number of carbonyl (C=O) groups is 1. The van der Waals surface area contributed by atoms with Gasteiger partial charge in [-0.15, -0.1) is 11.8 Å². The lowest BCUT2D eigenvalue weighted by Crippen LogP contribution is -2.30. The van der Waals surface area contributed by atoms with Crippen LogP contribution in [0.15, 0.2) is 30.3 Å². The molecule has 1 aromatic rings. The van der Waals surface area contributed by atoms with Crippen molar-refractivity contribution in [1.29, 1.82) is 0 Å². The number of sulfone groups is 1. The lowest BCUT2D eigenvalue weighted by atomic mass is 10.2. The standard InChI is InChI=1S/C15H21NO3S2/c1-11(2)21(18,19)14-9-8-13(20-14)10-16-15(17)12-6-4-3-5-7-12/h3-7,11,13-14H,8-10H2,1-2H3,(H,16,17). The van der Waals surface area contributed by atoms with Gasteiger partial charge in [0, 0.05) is 17.4 Å². The van der Waals surface area contributed by atoms with Gasteiger partial charge in [-0.2, -0.15) is 0 Å². The fourth-order valence-electron chi connectivity index (χ4n) is 2.27. The molecule has 6 heteroatoms. The Morgan fingerprint density at radius 2 is 1.95 bits per heavy atom. The molecule has 4 nitrogen and oxygen atoms in total. The summed E-state index contributed by atoms with van der Waals surface area (Å²) in [4.78, 5) is 11.9. The maximum Gasteiger partial charge on any atom is 0.251 e. The summed E-state index contributed by atoms with van der Waals surface area (Å²) < 4.78 is 23.9. The van der Waals surface area contributed by atoms with Crippen LogP contribution in [-0.4, -0.2) is 36.0 Å². The van der Waals surface area contributed by atoms with Crippen molar-refractivity contribution >= 4 is 27.5 Å². The molecule has 2 atom stereocenters. The van der Waals surface area contributed by atoms with Crippen molar-refractivity contribution in [2.75, 3.05) is 6.54 Å². The Morgan fingerprint density at radius 1 is 1.29 bits per heavy atom. The Hall–Kier alpha value is -1.01. The summed E-state index contributed by atoms with van der Waals surface area (Å²) in [6, 6.07) is 9.05. The number of thioether (sulfide) groups is 1. The van der Waals surface area contributed by atoms with Gasteiger partial charge >= 0.3 is 0 Å². The highest BCUT2D eigenvalue weighted by Crippen LogP contribution is 2.38. The lowest BCUT2D eigenvalue weighted by molar-refractivity contribution is 0.0953. The summed E-state index contributed by atoms with van der Waals surface area (Å²) >= 11 is 1.48. The largest absolute Gasteiger partial charge is 0.351 e. The molecule has 0 bridgehead atoms. The van der Waals surface area contributed by atoms with E-state index in [1.807, 2.05) is 18.2 Å². The Labute approximate surface area is 130 Å². The van der Waals surface area contributed by atoms with Crippen LogP contribution < -0.4 is 5.32 Å². The second-order valence-corrected chi connectivity index (χ2v) is 9.97. The molecule has 21 heavy (non-hydrogen) atoms. The molecule has 1 aliphatic heterocycles. The van der Waals surface area contributed by atoms with E-state index in [-0.39, 0.29) is 21.0 Å². The summed E-state index contributed by atoms with van der Waals surface area (Å²) in [6.07, 6.45) is 1.51. The third-order valence-electron chi connectivity index (χ3n) is 3.62. The van der Waals surface area contributed by atoms with E-state index in [0.717, 1.165) is 6.42 Å². The summed E-state index contributed by atoms with van der Waals surface area (Å²) in [5.41, 5.74) is 0.631. The van der Waals surface area contributed by atoms with Crippen LogP contribution in [0.25, 0.3) is 0 Å². The summed E-state index contributed by atoms with van der Waals surface area (Å²) in [6.45, 7) is 3.96. The molecule has 1 fully saturated rings. The first-order valence-electron chi connectivity index (χ1n) is 7.12. The molecular weight excluding hydrogens is 306 g/mol. The smallest absolute Gasteiger partial charge is 0.251 e. The average molecular weight is 327 g/mol. The van der Waals surface area contributed by atoms with Crippen LogP contribution in [0.5, 0.6) is 0 Å². The monoisotopic (exact) mass is 327 g/mol. The molecule has 116 valence electrons. The topological polar surface area (TPSA) is 63.2 Å². The summed E-state index contributed by atoms with van der Waals surface area (Å²) in [7, 11) is -3.05. The highest BCUT2D eigenvalue weighted by molar-refractivity contribution is 8.14. The van der Waals surface area contributed by atoms with Crippen molar-refractivity contribution in [2.24, 2.45) is 0 Å². The van der Waals surface area contributed by atoms with E-state index in [2.05, 4.69) is 5.32 Å². The van der Waals surface area contributed by atoms with Gasteiger partial charge < -0.3 is 5.32 Å². The van der Waals surface area contributed by atoms with Gasteiger partial charge in [0.05, 0.1) is 5.25 Å². The van der Waals surface area contributed by atoms with E-state index in [1.54, 1.807) is 26.0 Å². The van der Waals surface area contributed by atoms with Gasteiger partial charge in [0.25, 0.3) is 5.91 Å². The zero-order valence-corrected chi connectivity index (χ0v) is 13.9. The zero-order valence-electron chi connectivity index (χ0n) is 12.3. The Bertz CT molecular complexity index is 584. The van der Waals surface area contributed by atoms with Gasteiger partial charge in [0.1, 0.15) is 4.58 Å². The Kier molecular flexibility index (Phi) is 5.32. The molecule has 0 spiro atoms. The number of amides is 1. The molecule has 0 aliphatic carbocycles. The fraction of sp³-hybridized carbons (Fsp3) is 0.533. The minimum absolute atomic E-state index is 0.105. The Balaban J connectivity index is 1.85. The van der Waals surface area contributed by atoms with Crippen LogP contribution in [-0.2, 0) is 9.84 Å². The highest BCUT2D eigenvalue weighted by Gasteiger charge is 2.36. The van der Waals surface area contributed by atoms with Crippen molar-refractivity contribution in [3.8, 4) is 0 Å². The summed E-state index contributed by atoms with van der Waals surface area (Å²) in [5, 5.41) is 2.72. The van der Waals surface area contributed by atoms with Crippen LogP contribution >= 0.6 is 11.8 Å². The number of carbonyl (C=O) groups excluding carboxylic acids is 1. The maximum absolute atomic E-state index is 12.1. The number of rotatable bonds is 5. The maximum atomic E-state index is 12.1. The van der Waals surface area contributed by atoms with Crippen molar-refractivity contribution in [3.63, 3.8) is 0 Å². The van der Waals surface area contributed by atoms with Crippen molar-refractivity contribution in [2.45, 2.75) is 41.8 Å². The third kappa shape index (κ3) is 4.01. The average Bonchev–Trinajstić information content (AvgIpc) is 2.95. The predicted octanol–water partition coefficient (Wildman–Crippen LogP) is 2.46. The molecule has 0 saturated carbocycles.